The van der Waals surface area contributed by atoms with Gasteiger partial charge in [-0.3, -0.25) is 4.57 Å². The Kier molecular flexibility index (Phi) is 5.51. The summed E-state index contributed by atoms with van der Waals surface area (Å²) < 4.78 is 2.10. The van der Waals surface area contributed by atoms with E-state index in [1.807, 2.05) is 19.3 Å². The first-order valence-electron chi connectivity index (χ1n) is 7.81. The minimum atomic E-state index is 0.664. The van der Waals surface area contributed by atoms with Crippen LogP contribution in [0.25, 0.3) is 5.82 Å². The average Bonchev–Trinajstić information content (AvgIpc) is 2.86. The van der Waals surface area contributed by atoms with Crippen LogP contribution in [0, 0.1) is 12.8 Å². The molecule has 0 aliphatic carbocycles. The maximum Gasteiger partial charge on any atom is 0.138 e. The van der Waals surface area contributed by atoms with Crippen molar-refractivity contribution in [2.45, 2.75) is 47.1 Å². The molecule has 0 amide bonds. The van der Waals surface area contributed by atoms with Crippen molar-refractivity contribution in [3.8, 4) is 5.82 Å². The summed E-state index contributed by atoms with van der Waals surface area (Å²) in [5, 5.41) is 3.49. The Balaban J connectivity index is 2.20. The van der Waals surface area contributed by atoms with Crippen molar-refractivity contribution in [3.63, 3.8) is 0 Å². The van der Waals surface area contributed by atoms with Gasteiger partial charge in [0.15, 0.2) is 0 Å². The van der Waals surface area contributed by atoms with Crippen LogP contribution >= 0.6 is 0 Å². The third-order valence-electron chi connectivity index (χ3n) is 3.32. The Hall–Kier alpha value is -1.68. The second kappa shape index (κ2) is 7.36. The summed E-state index contributed by atoms with van der Waals surface area (Å²) in [7, 11) is 0. The van der Waals surface area contributed by atoms with E-state index in [9.17, 15) is 0 Å². The van der Waals surface area contributed by atoms with Crippen LogP contribution in [-0.2, 0) is 13.0 Å². The van der Waals surface area contributed by atoms with E-state index in [0.717, 1.165) is 43.3 Å². The topological polar surface area (TPSA) is 42.7 Å². The molecule has 0 spiro atoms. The van der Waals surface area contributed by atoms with Crippen molar-refractivity contribution in [3.05, 3.63) is 41.6 Å². The van der Waals surface area contributed by atoms with Gasteiger partial charge in [0.25, 0.3) is 0 Å². The molecule has 1 N–H and O–H groups in total. The summed E-state index contributed by atoms with van der Waals surface area (Å²) in [6.07, 6.45) is 5.92. The van der Waals surface area contributed by atoms with E-state index in [-0.39, 0.29) is 0 Å². The second-order valence-electron chi connectivity index (χ2n) is 5.96. The van der Waals surface area contributed by atoms with E-state index in [1.165, 1.54) is 5.56 Å². The SMILES string of the molecule is CCCc1nccn1-c1cc(CNCC(C)C)cc(C)n1. The summed E-state index contributed by atoms with van der Waals surface area (Å²) in [6.45, 7) is 10.6. The minimum absolute atomic E-state index is 0.664. The number of rotatable bonds is 7. The van der Waals surface area contributed by atoms with Crippen molar-refractivity contribution >= 4 is 0 Å². The highest BCUT2D eigenvalue weighted by Crippen LogP contribution is 2.13. The molecule has 0 unspecified atom stereocenters. The smallest absolute Gasteiger partial charge is 0.138 e. The number of hydrogen-bond acceptors (Lipinski definition) is 3. The van der Waals surface area contributed by atoms with Crippen LogP contribution in [0.4, 0.5) is 0 Å². The molecule has 0 aliphatic heterocycles. The van der Waals surface area contributed by atoms with Crippen molar-refractivity contribution in [1.82, 2.24) is 19.9 Å². The van der Waals surface area contributed by atoms with Crippen LogP contribution in [0.1, 0.15) is 44.3 Å². The number of aromatic nitrogens is 3. The van der Waals surface area contributed by atoms with E-state index in [1.54, 1.807) is 0 Å². The van der Waals surface area contributed by atoms with E-state index >= 15 is 0 Å². The molecule has 2 heterocycles. The van der Waals surface area contributed by atoms with Gasteiger partial charge in [-0.15, -0.1) is 0 Å². The third kappa shape index (κ3) is 4.39. The fraction of sp³-hybridized carbons (Fsp3) is 0.529. The van der Waals surface area contributed by atoms with Gasteiger partial charge in [-0.1, -0.05) is 20.8 Å². The molecule has 4 nitrogen and oxygen atoms in total. The zero-order valence-electron chi connectivity index (χ0n) is 13.6. The van der Waals surface area contributed by atoms with Gasteiger partial charge in [0, 0.05) is 31.1 Å². The standard InChI is InChI=1S/C17H26N4/c1-5-6-16-19-7-8-21(16)17-10-15(9-14(4)20-17)12-18-11-13(2)3/h7-10,13,18H,5-6,11-12H2,1-4H3. The molecular weight excluding hydrogens is 260 g/mol. The number of hydrogen-bond donors (Lipinski definition) is 1. The van der Waals surface area contributed by atoms with Gasteiger partial charge in [-0.05, 0) is 43.5 Å². The molecule has 114 valence electrons. The first-order valence-corrected chi connectivity index (χ1v) is 7.81. The lowest BCUT2D eigenvalue weighted by atomic mass is 10.2. The van der Waals surface area contributed by atoms with Crippen LogP contribution in [0.15, 0.2) is 24.5 Å². The van der Waals surface area contributed by atoms with E-state index in [4.69, 9.17) is 0 Å². The molecule has 2 aromatic heterocycles. The van der Waals surface area contributed by atoms with Crippen LogP contribution < -0.4 is 5.32 Å². The van der Waals surface area contributed by atoms with Gasteiger partial charge < -0.3 is 5.32 Å². The molecule has 0 atom stereocenters. The quantitative estimate of drug-likeness (QED) is 0.849. The maximum absolute atomic E-state index is 4.66. The molecule has 4 heteroatoms. The first kappa shape index (κ1) is 15.7. The fourth-order valence-corrected chi connectivity index (χ4v) is 2.40. The number of nitrogens with one attached hydrogen (secondary N) is 1. The molecule has 0 bridgehead atoms. The zero-order valence-corrected chi connectivity index (χ0v) is 13.6. The second-order valence-corrected chi connectivity index (χ2v) is 5.96. The summed E-state index contributed by atoms with van der Waals surface area (Å²) in [5.41, 5.74) is 2.32. The van der Waals surface area contributed by atoms with E-state index in [2.05, 4.69) is 52.8 Å². The van der Waals surface area contributed by atoms with Crippen LogP contribution in [-0.4, -0.2) is 21.1 Å². The van der Waals surface area contributed by atoms with Gasteiger partial charge >= 0.3 is 0 Å². The van der Waals surface area contributed by atoms with E-state index < -0.39 is 0 Å². The molecule has 2 aromatic rings. The Morgan fingerprint density at radius 1 is 1.29 bits per heavy atom. The Bertz CT molecular complexity index is 572. The van der Waals surface area contributed by atoms with Crippen LogP contribution in [0.5, 0.6) is 0 Å². The van der Waals surface area contributed by atoms with Crippen LogP contribution in [0.3, 0.4) is 0 Å². The summed E-state index contributed by atoms with van der Waals surface area (Å²) in [5.74, 6) is 2.71. The number of pyridine rings is 1. The molecule has 21 heavy (non-hydrogen) atoms. The minimum Gasteiger partial charge on any atom is -0.312 e. The molecular formula is C17H26N4. The molecule has 0 saturated carbocycles. The highest BCUT2D eigenvalue weighted by atomic mass is 15.1. The van der Waals surface area contributed by atoms with Crippen molar-refractivity contribution < 1.29 is 0 Å². The predicted molar refractivity (Wildman–Crippen MR) is 86.6 cm³/mol. The molecule has 0 fully saturated rings. The van der Waals surface area contributed by atoms with Crippen LogP contribution in [0.2, 0.25) is 0 Å². The maximum atomic E-state index is 4.66. The van der Waals surface area contributed by atoms with Gasteiger partial charge in [0.2, 0.25) is 0 Å². The number of imidazole rings is 1. The van der Waals surface area contributed by atoms with E-state index in [0.29, 0.717) is 5.92 Å². The average molecular weight is 286 g/mol. The zero-order chi connectivity index (χ0) is 15.2. The highest BCUT2D eigenvalue weighted by molar-refractivity contribution is 5.32. The summed E-state index contributed by atoms with van der Waals surface area (Å²) >= 11 is 0. The highest BCUT2D eigenvalue weighted by Gasteiger charge is 2.07. The third-order valence-corrected chi connectivity index (χ3v) is 3.32. The molecule has 2 rings (SSSR count). The Morgan fingerprint density at radius 2 is 2.10 bits per heavy atom. The van der Waals surface area contributed by atoms with Gasteiger partial charge in [-0.2, -0.15) is 0 Å². The predicted octanol–water partition coefficient (Wildman–Crippen LogP) is 3.27. The Morgan fingerprint density at radius 3 is 2.81 bits per heavy atom. The van der Waals surface area contributed by atoms with Crippen molar-refractivity contribution in [2.75, 3.05) is 6.54 Å². The lowest BCUT2D eigenvalue weighted by Crippen LogP contribution is -2.19. The largest absolute Gasteiger partial charge is 0.312 e. The number of nitrogens with zero attached hydrogens (tertiary/aromatic N) is 3. The summed E-state index contributed by atoms with van der Waals surface area (Å²) in [6, 6.07) is 4.30. The van der Waals surface area contributed by atoms with Crippen molar-refractivity contribution in [2.24, 2.45) is 5.92 Å². The fourth-order valence-electron chi connectivity index (χ4n) is 2.40. The first-order chi connectivity index (χ1) is 10.1. The molecule has 0 radical (unpaired) electrons. The normalized spacial score (nSPS) is 11.3. The monoisotopic (exact) mass is 286 g/mol. The van der Waals surface area contributed by atoms with Gasteiger partial charge in [-0.25, -0.2) is 9.97 Å². The van der Waals surface area contributed by atoms with Crippen molar-refractivity contribution in [1.29, 1.82) is 0 Å². The van der Waals surface area contributed by atoms with Gasteiger partial charge in [0.1, 0.15) is 11.6 Å². The lowest BCUT2D eigenvalue weighted by Gasteiger charge is -2.11. The molecule has 0 aliphatic rings. The van der Waals surface area contributed by atoms with Gasteiger partial charge in [0.05, 0.1) is 0 Å². The lowest BCUT2D eigenvalue weighted by molar-refractivity contribution is 0.552. The molecule has 0 aromatic carbocycles. The Labute approximate surface area is 127 Å². The molecule has 0 saturated heterocycles. The number of aryl methyl sites for hydroxylation is 2. The summed E-state index contributed by atoms with van der Waals surface area (Å²) in [4.78, 5) is 9.09.